The van der Waals surface area contributed by atoms with Crippen molar-refractivity contribution >= 4 is 5.97 Å². The maximum atomic E-state index is 11.4. The molecule has 0 aromatic heterocycles. The number of esters is 1. The van der Waals surface area contributed by atoms with Gasteiger partial charge in [-0.15, -0.1) is 6.42 Å². The molecule has 3 nitrogen and oxygen atoms in total. The minimum absolute atomic E-state index is 0.0264. The minimum atomic E-state index is -0.425. The van der Waals surface area contributed by atoms with Crippen LogP contribution in [0.2, 0.25) is 0 Å². The highest BCUT2D eigenvalue weighted by atomic mass is 16.5. The molecule has 1 aromatic rings. The molecular formula is C13H14O3. The summed E-state index contributed by atoms with van der Waals surface area (Å²) in [5.41, 5.74) is 0.993. The third kappa shape index (κ3) is 3.03. The first-order valence-corrected chi connectivity index (χ1v) is 4.93. The van der Waals surface area contributed by atoms with Gasteiger partial charge in [-0.25, -0.2) is 4.79 Å². The zero-order chi connectivity index (χ0) is 12.1. The summed E-state index contributed by atoms with van der Waals surface area (Å²) in [5, 5.41) is 0. The molecular weight excluding hydrogens is 204 g/mol. The van der Waals surface area contributed by atoms with E-state index in [0.717, 1.165) is 0 Å². The van der Waals surface area contributed by atoms with Crippen LogP contribution in [-0.4, -0.2) is 19.2 Å². The van der Waals surface area contributed by atoms with Crippen molar-refractivity contribution in [2.45, 2.75) is 20.0 Å². The van der Waals surface area contributed by atoms with Crippen molar-refractivity contribution in [2.75, 3.05) is 7.11 Å². The van der Waals surface area contributed by atoms with Crippen molar-refractivity contribution < 1.29 is 14.3 Å². The number of rotatable bonds is 3. The van der Waals surface area contributed by atoms with Crippen molar-refractivity contribution in [3.63, 3.8) is 0 Å². The van der Waals surface area contributed by atoms with E-state index in [9.17, 15) is 4.79 Å². The fourth-order valence-electron chi connectivity index (χ4n) is 1.26. The van der Waals surface area contributed by atoms with Crippen LogP contribution in [0.3, 0.4) is 0 Å². The fraction of sp³-hybridized carbons (Fsp3) is 0.308. The lowest BCUT2D eigenvalue weighted by atomic mass is 10.1. The molecule has 84 valence electrons. The SMILES string of the molecule is C#Cc1cc(OC(C)C)cc(C(=O)OC)c1. The van der Waals surface area contributed by atoms with Gasteiger partial charge >= 0.3 is 5.97 Å². The van der Waals surface area contributed by atoms with Crippen LogP contribution in [0.1, 0.15) is 29.8 Å². The number of hydrogen-bond acceptors (Lipinski definition) is 3. The summed E-state index contributed by atoms with van der Waals surface area (Å²) < 4.78 is 10.1. The molecule has 16 heavy (non-hydrogen) atoms. The lowest BCUT2D eigenvalue weighted by Gasteiger charge is -2.11. The molecule has 1 rings (SSSR count). The van der Waals surface area contributed by atoms with Crippen LogP contribution in [-0.2, 0) is 4.74 Å². The Hall–Kier alpha value is -1.95. The topological polar surface area (TPSA) is 35.5 Å². The summed E-state index contributed by atoms with van der Waals surface area (Å²) in [6.45, 7) is 3.81. The molecule has 0 saturated carbocycles. The molecule has 1 aromatic carbocycles. The Kier molecular flexibility index (Phi) is 3.96. The second-order valence-corrected chi connectivity index (χ2v) is 3.55. The lowest BCUT2D eigenvalue weighted by Crippen LogP contribution is -2.08. The zero-order valence-electron chi connectivity index (χ0n) is 9.61. The monoisotopic (exact) mass is 218 g/mol. The van der Waals surface area contributed by atoms with Crippen molar-refractivity contribution in [3.8, 4) is 18.1 Å². The van der Waals surface area contributed by atoms with Crippen molar-refractivity contribution in [1.29, 1.82) is 0 Å². The largest absolute Gasteiger partial charge is 0.491 e. The molecule has 0 bridgehead atoms. The Bertz CT molecular complexity index is 427. The highest BCUT2D eigenvalue weighted by Crippen LogP contribution is 2.18. The van der Waals surface area contributed by atoms with Gasteiger partial charge in [-0.2, -0.15) is 0 Å². The van der Waals surface area contributed by atoms with Gasteiger partial charge < -0.3 is 9.47 Å². The average Bonchev–Trinajstić information content (AvgIpc) is 2.26. The summed E-state index contributed by atoms with van der Waals surface area (Å²) in [5.74, 6) is 2.62. The lowest BCUT2D eigenvalue weighted by molar-refractivity contribution is 0.0600. The first-order valence-electron chi connectivity index (χ1n) is 4.93. The van der Waals surface area contributed by atoms with E-state index in [1.807, 2.05) is 13.8 Å². The highest BCUT2D eigenvalue weighted by molar-refractivity contribution is 5.90. The molecule has 0 aliphatic heterocycles. The van der Waals surface area contributed by atoms with Gasteiger partial charge in [-0.1, -0.05) is 5.92 Å². The van der Waals surface area contributed by atoms with Gasteiger partial charge in [0.05, 0.1) is 18.8 Å². The van der Waals surface area contributed by atoms with Crippen LogP contribution in [0.25, 0.3) is 0 Å². The van der Waals surface area contributed by atoms with E-state index < -0.39 is 5.97 Å². The summed E-state index contributed by atoms with van der Waals surface area (Å²) in [6, 6.07) is 4.93. The van der Waals surface area contributed by atoms with Crippen molar-refractivity contribution in [1.82, 2.24) is 0 Å². The number of benzene rings is 1. The maximum absolute atomic E-state index is 11.4. The van der Waals surface area contributed by atoms with Crippen LogP contribution in [0.4, 0.5) is 0 Å². The predicted molar refractivity (Wildman–Crippen MR) is 61.5 cm³/mol. The summed E-state index contributed by atoms with van der Waals surface area (Å²) in [7, 11) is 1.33. The number of methoxy groups -OCH3 is 1. The van der Waals surface area contributed by atoms with Gasteiger partial charge in [-0.3, -0.25) is 0 Å². The van der Waals surface area contributed by atoms with Gasteiger partial charge in [0.2, 0.25) is 0 Å². The first kappa shape index (κ1) is 12.1. The Balaban J connectivity index is 3.11. The average molecular weight is 218 g/mol. The Labute approximate surface area is 95.4 Å². The summed E-state index contributed by atoms with van der Waals surface area (Å²) >= 11 is 0. The zero-order valence-corrected chi connectivity index (χ0v) is 9.61. The van der Waals surface area contributed by atoms with E-state index in [-0.39, 0.29) is 6.10 Å². The van der Waals surface area contributed by atoms with Crippen LogP contribution in [0.5, 0.6) is 5.75 Å². The maximum Gasteiger partial charge on any atom is 0.338 e. The molecule has 0 radical (unpaired) electrons. The van der Waals surface area contributed by atoms with Gasteiger partial charge in [0, 0.05) is 5.56 Å². The second kappa shape index (κ2) is 5.22. The number of carbonyl (C=O) groups excluding carboxylic acids is 1. The van der Waals surface area contributed by atoms with E-state index in [0.29, 0.717) is 16.9 Å². The molecule has 0 unspecified atom stereocenters. The van der Waals surface area contributed by atoms with E-state index in [1.165, 1.54) is 7.11 Å². The van der Waals surface area contributed by atoms with Gasteiger partial charge in [0.25, 0.3) is 0 Å². The Morgan fingerprint density at radius 3 is 2.56 bits per heavy atom. The molecule has 0 saturated heterocycles. The predicted octanol–water partition coefficient (Wildman–Crippen LogP) is 2.24. The molecule has 0 aliphatic carbocycles. The smallest absolute Gasteiger partial charge is 0.338 e. The third-order valence-corrected chi connectivity index (χ3v) is 1.87. The number of terminal acetylenes is 1. The molecule has 0 atom stereocenters. The van der Waals surface area contributed by atoms with Gasteiger partial charge in [-0.05, 0) is 32.0 Å². The van der Waals surface area contributed by atoms with E-state index in [1.54, 1.807) is 18.2 Å². The quantitative estimate of drug-likeness (QED) is 0.576. The van der Waals surface area contributed by atoms with Gasteiger partial charge in [0.1, 0.15) is 5.75 Å². The highest BCUT2D eigenvalue weighted by Gasteiger charge is 2.09. The van der Waals surface area contributed by atoms with Crippen LogP contribution in [0, 0.1) is 12.3 Å². The Morgan fingerprint density at radius 1 is 1.38 bits per heavy atom. The summed E-state index contributed by atoms with van der Waals surface area (Å²) in [6.07, 6.45) is 5.33. The number of carbonyl (C=O) groups is 1. The molecule has 0 aliphatic rings. The molecule has 0 amide bonds. The standard InChI is InChI=1S/C13H14O3/c1-5-10-6-11(13(14)15-4)8-12(7-10)16-9(2)3/h1,6-9H,2-4H3. The van der Waals surface area contributed by atoms with Crippen molar-refractivity contribution in [2.24, 2.45) is 0 Å². The molecule has 0 heterocycles. The van der Waals surface area contributed by atoms with Crippen LogP contribution in [0.15, 0.2) is 18.2 Å². The van der Waals surface area contributed by atoms with Crippen molar-refractivity contribution in [3.05, 3.63) is 29.3 Å². The third-order valence-electron chi connectivity index (χ3n) is 1.87. The van der Waals surface area contributed by atoms with Crippen LogP contribution < -0.4 is 4.74 Å². The van der Waals surface area contributed by atoms with Crippen LogP contribution >= 0.6 is 0 Å². The first-order chi connectivity index (χ1) is 7.56. The second-order valence-electron chi connectivity index (χ2n) is 3.55. The molecule has 0 N–H and O–H groups in total. The fourth-order valence-corrected chi connectivity index (χ4v) is 1.26. The molecule has 0 fully saturated rings. The normalized spacial score (nSPS) is 9.69. The van der Waals surface area contributed by atoms with E-state index >= 15 is 0 Å². The number of ether oxygens (including phenoxy) is 2. The van der Waals surface area contributed by atoms with Gasteiger partial charge in [0.15, 0.2) is 0 Å². The van der Waals surface area contributed by atoms with E-state index in [4.69, 9.17) is 11.2 Å². The minimum Gasteiger partial charge on any atom is -0.491 e. The Morgan fingerprint density at radius 2 is 2.06 bits per heavy atom. The number of hydrogen-bond donors (Lipinski definition) is 0. The molecule has 3 heteroatoms. The van der Waals surface area contributed by atoms with E-state index in [2.05, 4.69) is 10.7 Å². The molecule has 0 spiro atoms. The summed E-state index contributed by atoms with van der Waals surface area (Å²) in [4.78, 5) is 11.4.